The maximum atomic E-state index is 10.9. The van der Waals surface area contributed by atoms with Crippen molar-refractivity contribution in [1.29, 1.82) is 0 Å². The van der Waals surface area contributed by atoms with Gasteiger partial charge in [0.15, 0.2) is 6.29 Å². The normalized spacial score (nSPS) is 10.2. The topological polar surface area (TPSA) is 65.1 Å². The molecule has 17 heavy (non-hydrogen) atoms. The minimum atomic E-state index is -0.451. The third-order valence-corrected chi connectivity index (χ3v) is 2.60. The van der Waals surface area contributed by atoms with Crippen LogP contribution < -0.4 is 0 Å². The maximum absolute atomic E-state index is 10.9. The summed E-state index contributed by atoms with van der Waals surface area (Å²) in [5.74, 6) is 0. The molecule has 2 aromatic rings. The summed E-state index contributed by atoms with van der Waals surface area (Å²) < 4.78 is 1.68. The molecule has 0 radical (unpaired) electrons. The van der Waals surface area contributed by atoms with Crippen molar-refractivity contribution < 1.29 is 9.72 Å². The molecular formula is C12H10N2O3. The average Bonchev–Trinajstić information content (AvgIpc) is 2.70. The Kier molecular flexibility index (Phi) is 2.74. The third kappa shape index (κ3) is 1.94. The lowest BCUT2D eigenvalue weighted by Gasteiger charge is -2.01. The molecule has 0 saturated heterocycles. The van der Waals surface area contributed by atoms with Crippen molar-refractivity contribution in [3.8, 4) is 11.1 Å². The second kappa shape index (κ2) is 4.21. The smallest absolute Gasteiger partial charge is 0.270 e. The van der Waals surface area contributed by atoms with E-state index in [0.717, 1.165) is 6.29 Å². The van der Waals surface area contributed by atoms with Crippen LogP contribution in [0.1, 0.15) is 10.5 Å². The molecular weight excluding hydrogens is 220 g/mol. The highest BCUT2D eigenvalue weighted by Crippen LogP contribution is 2.26. The number of rotatable bonds is 3. The molecule has 0 unspecified atom stereocenters. The number of hydrogen-bond donors (Lipinski definition) is 0. The summed E-state index contributed by atoms with van der Waals surface area (Å²) in [6.45, 7) is 0. The van der Waals surface area contributed by atoms with Gasteiger partial charge in [-0.25, -0.2) is 0 Å². The number of aryl methyl sites for hydroxylation is 1. The monoisotopic (exact) mass is 230 g/mol. The van der Waals surface area contributed by atoms with Crippen LogP contribution in [0.25, 0.3) is 11.1 Å². The van der Waals surface area contributed by atoms with Crippen LogP contribution in [0.15, 0.2) is 36.5 Å². The van der Waals surface area contributed by atoms with Gasteiger partial charge in [0.2, 0.25) is 0 Å². The van der Waals surface area contributed by atoms with E-state index in [4.69, 9.17) is 0 Å². The van der Waals surface area contributed by atoms with Crippen LogP contribution in [-0.4, -0.2) is 15.8 Å². The molecule has 0 atom stereocenters. The van der Waals surface area contributed by atoms with Crippen molar-refractivity contribution in [2.75, 3.05) is 0 Å². The number of carbonyl (C=O) groups is 1. The first kappa shape index (κ1) is 11.1. The average molecular weight is 230 g/mol. The van der Waals surface area contributed by atoms with Gasteiger partial charge in [-0.15, -0.1) is 0 Å². The Morgan fingerprint density at radius 1 is 1.35 bits per heavy atom. The van der Waals surface area contributed by atoms with Crippen LogP contribution in [0.2, 0.25) is 0 Å². The van der Waals surface area contributed by atoms with Gasteiger partial charge in [0.05, 0.1) is 10.6 Å². The van der Waals surface area contributed by atoms with Gasteiger partial charge < -0.3 is 4.57 Å². The molecule has 1 aromatic heterocycles. The number of nitro benzene ring substituents is 1. The van der Waals surface area contributed by atoms with E-state index in [0.29, 0.717) is 16.8 Å². The molecule has 2 rings (SSSR count). The number of aromatic nitrogens is 1. The second-order valence-corrected chi connectivity index (χ2v) is 3.65. The van der Waals surface area contributed by atoms with Crippen molar-refractivity contribution in [1.82, 2.24) is 4.57 Å². The summed E-state index contributed by atoms with van der Waals surface area (Å²) in [6, 6.07) is 8.00. The molecule has 0 saturated carbocycles. The Balaban J connectivity index is 2.56. The highest BCUT2D eigenvalue weighted by Gasteiger charge is 2.11. The Labute approximate surface area is 97.5 Å². The van der Waals surface area contributed by atoms with Crippen molar-refractivity contribution in [2.45, 2.75) is 0 Å². The Morgan fingerprint density at radius 2 is 2.12 bits per heavy atom. The van der Waals surface area contributed by atoms with E-state index >= 15 is 0 Å². The number of hydrogen-bond acceptors (Lipinski definition) is 3. The van der Waals surface area contributed by atoms with E-state index in [1.54, 1.807) is 36.0 Å². The number of aldehydes is 1. The minimum Gasteiger partial charge on any atom is -0.348 e. The van der Waals surface area contributed by atoms with Crippen LogP contribution in [0.4, 0.5) is 5.69 Å². The van der Waals surface area contributed by atoms with E-state index in [9.17, 15) is 14.9 Å². The molecule has 0 aliphatic heterocycles. The number of nitro groups is 1. The van der Waals surface area contributed by atoms with E-state index in [1.807, 2.05) is 0 Å². The number of nitrogens with zero attached hydrogens (tertiary/aromatic N) is 2. The van der Waals surface area contributed by atoms with Gasteiger partial charge in [0.25, 0.3) is 5.69 Å². The summed E-state index contributed by atoms with van der Waals surface area (Å²) in [6.07, 6.45) is 2.49. The molecule has 1 aromatic carbocycles. The van der Waals surface area contributed by atoms with Crippen LogP contribution in [0, 0.1) is 10.1 Å². The fourth-order valence-electron chi connectivity index (χ4n) is 1.72. The van der Waals surface area contributed by atoms with E-state index < -0.39 is 4.92 Å². The van der Waals surface area contributed by atoms with Crippen molar-refractivity contribution in [3.63, 3.8) is 0 Å². The fraction of sp³-hybridized carbons (Fsp3) is 0.0833. The molecule has 0 aliphatic carbocycles. The second-order valence-electron chi connectivity index (χ2n) is 3.65. The van der Waals surface area contributed by atoms with E-state index in [-0.39, 0.29) is 5.69 Å². The Bertz CT molecular complexity index is 587. The van der Waals surface area contributed by atoms with Crippen molar-refractivity contribution in [2.24, 2.45) is 7.05 Å². The number of benzene rings is 1. The zero-order chi connectivity index (χ0) is 12.4. The first-order chi connectivity index (χ1) is 8.13. The predicted octanol–water partition coefficient (Wildman–Crippen LogP) is 2.41. The summed E-state index contributed by atoms with van der Waals surface area (Å²) in [5.41, 5.74) is 1.89. The molecule has 5 heteroatoms. The van der Waals surface area contributed by atoms with Gasteiger partial charge >= 0.3 is 0 Å². The van der Waals surface area contributed by atoms with Crippen LogP contribution in [0.5, 0.6) is 0 Å². The van der Waals surface area contributed by atoms with Gasteiger partial charge in [0.1, 0.15) is 0 Å². The molecule has 0 amide bonds. The van der Waals surface area contributed by atoms with Gasteiger partial charge in [-0.2, -0.15) is 0 Å². The van der Waals surface area contributed by atoms with E-state index in [2.05, 4.69) is 0 Å². The van der Waals surface area contributed by atoms with Gasteiger partial charge in [0, 0.05) is 30.9 Å². The highest BCUT2D eigenvalue weighted by molar-refractivity contribution is 5.86. The van der Waals surface area contributed by atoms with Gasteiger partial charge in [-0.05, 0) is 11.6 Å². The standard InChI is InChI=1S/C12H10N2O3/c1-13-6-5-11(12(13)8-15)9-3-2-4-10(7-9)14(16)17/h2-8H,1H3. The zero-order valence-corrected chi connectivity index (χ0v) is 9.16. The fourth-order valence-corrected chi connectivity index (χ4v) is 1.72. The molecule has 5 nitrogen and oxygen atoms in total. The lowest BCUT2D eigenvalue weighted by atomic mass is 10.1. The van der Waals surface area contributed by atoms with Crippen LogP contribution in [-0.2, 0) is 7.05 Å². The number of carbonyl (C=O) groups excluding carboxylic acids is 1. The lowest BCUT2D eigenvalue weighted by Crippen LogP contribution is -1.94. The quantitative estimate of drug-likeness (QED) is 0.462. The lowest BCUT2D eigenvalue weighted by molar-refractivity contribution is -0.384. The first-order valence-corrected chi connectivity index (χ1v) is 4.99. The van der Waals surface area contributed by atoms with E-state index in [1.165, 1.54) is 12.1 Å². The molecule has 0 spiro atoms. The highest BCUT2D eigenvalue weighted by atomic mass is 16.6. The SMILES string of the molecule is Cn1ccc(-c2cccc([N+](=O)[O-])c2)c1C=O. The minimum absolute atomic E-state index is 0.0169. The Morgan fingerprint density at radius 3 is 2.76 bits per heavy atom. The van der Waals surface area contributed by atoms with Crippen molar-refractivity contribution in [3.05, 3.63) is 52.3 Å². The maximum Gasteiger partial charge on any atom is 0.270 e. The molecule has 1 heterocycles. The molecule has 0 aliphatic rings. The van der Waals surface area contributed by atoms with Gasteiger partial charge in [-0.1, -0.05) is 12.1 Å². The third-order valence-electron chi connectivity index (χ3n) is 2.60. The summed E-state index contributed by atoms with van der Waals surface area (Å²) >= 11 is 0. The summed E-state index contributed by atoms with van der Waals surface area (Å²) in [4.78, 5) is 21.2. The number of non-ortho nitro benzene ring substituents is 1. The van der Waals surface area contributed by atoms with Crippen molar-refractivity contribution >= 4 is 12.0 Å². The Hall–Kier alpha value is -2.43. The molecule has 86 valence electrons. The summed E-state index contributed by atoms with van der Waals surface area (Å²) in [7, 11) is 1.75. The largest absolute Gasteiger partial charge is 0.348 e. The predicted molar refractivity (Wildman–Crippen MR) is 62.9 cm³/mol. The molecule has 0 bridgehead atoms. The molecule has 0 N–H and O–H groups in total. The van der Waals surface area contributed by atoms with Crippen LogP contribution >= 0.6 is 0 Å². The van der Waals surface area contributed by atoms with Gasteiger partial charge in [-0.3, -0.25) is 14.9 Å². The molecule has 0 fully saturated rings. The zero-order valence-electron chi connectivity index (χ0n) is 9.16. The first-order valence-electron chi connectivity index (χ1n) is 4.99. The van der Waals surface area contributed by atoms with Crippen LogP contribution in [0.3, 0.4) is 0 Å². The summed E-state index contributed by atoms with van der Waals surface area (Å²) in [5, 5.41) is 10.7.